The first-order valence-corrected chi connectivity index (χ1v) is 6.64. The van der Waals surface area contributed by atoms with Gasteiger partial charge < -0.3 is 11.1 Å². The summed E-state index contributed by atoms with van der Waals surface area (Å²) < 4.78 is 0. The highest BCUT2D eigenvalue weighted by atomic mass is 32.2. The van der Waals surface area contributed by atoms with Crippen molar-refractivity contribution < 1.29 is 0 Å². The summed E-state index contributed by atoms with van der Waals surface area (Å²) in [5, 5.41) is 4.10. The maximum Gasteiger partial charge on any atom is 0.188 e. The first-order chi connectivity index (χ1) is 6.76. The molecule has 0 radical (unpaired) electrons. The third-order valence-corrected chi connectivity index (χ3v) is 3.67. The van der Waals surface area contributed by atoms with Crippen LogP contribution in [0.4, 0.5) is 0 Å². The summed E-state index contributed by atoms with van der Waals surface area (Å²) in [6.07, 6.45) is 7.00. The Labute approximate surface area is 90.9 Å². The van der Waals surface area contributed by atoms with Crippen molar-refractivity contribution in [2.75, 3.05) is 12.8 Å². The van der Waals surface area contributed by atoms with Gasteiger partial charge in [0, 0.05) is 17.8 Å². The molecule has 1 saturated carbocycles. The van der Waals surface area contributed by atoms with Gasteiger partial charge in [0.25, 0.3) is 0 Å². The number of hydrogen-bond acceptors (Lipinski definition) is 2. The Morgan fingerprint density at radius 2 is 2.36 bits per heavy atom. The van der Waals surface area contributed by atoms with Crippen molar-refractivity contribution in [3.63, 3.8) is 0 Å². The molecular weight excluding hydrogens is 194 g/mol. The Kier molecular flexibility index (Phi) is 5.15. The molecule has 0 aromatic carbocycles. The van der Waals surface area contributed by atoms with Crippen LogP contribution in [0.25, 0.3) is 0 Å². The minimum absolute atomic E-state index is 0.549. The zero-order chi connectivity index (χ0) is 10.4. The third kappa shape index (κ3) is 3.78. The van der Waals surface area contributed by atoms with Crippen LogP contribution in [0.2, 0.25) is 0 Å². The van der Waals surface area contributed by atoms with Gasteiger partial charge in [0.15, 0.2) is 5.96 Å². The van der Waals surface area contributed by atoms with Crippen molar-refractivity contribution in [1.29, 1.82) is 0 Å². The Morgan fingerprint density at radius 1 is 1.57 bits per heavy atom. The van der Waals surface area contributed by atoms with Gasteiger partial charge in [-0.1, -0.05) is 6.92 Å². The number of guanidine groups is 1. The third-order valence-electron chi connectivity index (χ3n) is 2.58. The van der Waals surface area contributed by atoms with Gasteiger partial charge in [-0.15, -0.1) is 0 Å². The van der Waals surface area contributed by atoms with Gasteiger partial charge in [-0.3, -0.25) is 4.99 Å². The van der Waals surface area contributed by atoms with Crippen LogP contribution >= 0.6 is 11.8 Å². The molecule has 0 aromatic heterocycles. The summed E-state index contributed by atoms with van der Waals surface area (Å²) in [5.41, 5.74) is 5.76. The zero-order valence-corrected chi connectivity index (χ0v) is 9.94. The molecule has 2 atom stereocenters. The number of rotatable bonds is 4. The van der Waals surface area contributed by atoms with Gasteiger partial charge >= 0.3 is 0 Å². The molecule has 0 bridgehead atoms. The molecule has 1 aliphatic carbocycles. The lowest BCUT2D eigenvalue weighted by molar-refractivity contribution is 0.626. The van der Waals surface area contributed by atoms with Crippen LogP contribution in [0.15, 0.2) is 4.99 Å². The van der Waals surface area contributed by atoms with E-state index >= 15 is 0 Å². The molecule has 3 nitrogen and oxygen atoms in total. The first-order valence-electron chi connectivity index (χ1n) is 5.35. The second-order valence-corrected chi connectivity index (χ2v) is 4.92. The van der Waals surface area contributed by atoms with E-state index in [1.165, 1.54) is 19.3 Å². The number of nitrogens with one attached hydrogen (secondary N) is 1. The van der Waals surface area contributed by atoms with Gasteiger partial charge in [-0.2, -0.15) is 11.8 Å². The van der Waals surface area contributed by atoms with Crippen molar-refractivity contribution in [2.24, 2.45) is 10.7 Å². The minimum Gasteiger partial charge on any atom is -0.370 e. The Hall–Kier alpha value is -0.380. The van der Waals surface area contributed by atoms with Crippen LogP contribution in [-0.4, -0.2) is 30.1 Å². The standard InChI is InChI=1S/C10H21N3S/c1-3-6-12-10(11)13-8-4-5-9(7-8)14-2/h8-9H,3-7H2,1-2H3,(H3,11,12,13). The lowest BCUT2D eigenvalue weighted by Crippen LogP contribution is -2.39. The SMILES string of the molecule is CCCN=C(N)NC1CCC(SC)C1. The fourth-order valence-corrected chi connectivity index (χ4v) is 2.57. The predicted octanol–water partition coefficient (Wildman–Crippen LogP) is 1.58. The number of hydrogen-bond donors (Lipinski definition) is 2. The van der Waals surface area contributed by atoms with E-state index < -0.39 is 0 Å². The molecule has 0 heterocycles. The number of aliphatic imine (C=N–C) groups is 1. The number of nitrogens with two attached hydrogens (primary N) is 1. The lowest BCUT2D eigenvalue weighted by atomic mass is 10.2. The van der Waals surface area contributed by atoms with Gasteiger partial charge in [0.2, 0.25) is 0 Å². The maximum atomic E-state index is 5.76. The predicted molar refractivity (Wildman–Crippen MR) is 64.9 cm³/mol. The Bertz CT molecular complexity index is 194. The van der Waals surface area contributed by atoms with E-state index in [4.69, 9.17) is 5.73 Å². The summed E-state index contributed by atoms with van der Waals surface area (Å²) in [6.45, 7) is 2.94. The van der Waals surface area contributed by atoms with Crippen LogP contribution in [0.3, 0.4) is 0 Å². The fourth-order valence-electron chi connectivity index (χ4n) is 1.77. The topological polar surface area (TPSA) is 50.4 Å². The zero-order valence-electron chi connectivity index (χ0n) is 9.12. The van der Waals surface area contributed by atoms with E-state index in [-0.39, 0.29) is 0 Å². The average molecular weight is 215 g/mol. The van der Waals surface area contributed by atoms with Gasteiger partial charge in [-0.05, 0) is 31.9 Å². The molecule has 1 rings (SSSR count). The molecule has 14 heavy (non-hydrogen) atoms. The van der Waals surface area contributed by atoms with Crippen molar-refractivity contribution in [3.8, 4) is 0 Å². The fraction of sp³-hybridized carbons (Fsp3) is 0.900. The van der Waals surface area contributed by atoms with E-state index in [0.29, 0.717) is 12.0 Å². The average Bonchev–Trinajstić information content (AvgIpc) is 2.62. The highest BCUT2D eigenvalue weighted by Gasteiger charge is 2.23. The Balaban J connectivity index is 2.24. The molecule has 1 fully saturated rings. The monoisotopic (exact) mass is 215 g/mol. The molecule has 0 spiro atoms. The number of thioether (sulfide) groups is 1. The normalized spacial score (nSPS) is 28.0. The van der Waals surface area contributed by atoms with Gasteiger partial charge in [0.05, 0.1) is 0 Å². The summed E-state index contributed by atoms with van der Waals surface area (Å²) >= 11 is 1.96. The molecule has 3 N–H and O–H groups in total. The minimum atomic E-state index is 0.549. The smallest absolute Gasteiger partial charge is 0.188 e. The highest BCUT2D eigenvalue weighted by Crippen LogP contribution is 2.27. The molecule has 0 aromatic rings. The summed E-state index contributed by atoms with van der Waals surface area (Å²) in [4.78, 5) is 4.23. The van der Waals surface area contributed by atoms with Gasteiger partial charge in [-0.25, -0.2) is 0 Å². The molecule has 0 amide bonds. The molecule has 82 valence electrons. The first kappa shape index (κ1) is 11.7. The van der Waals surface area contributed by atoms with E-state index in [0.717, 1.165) is 18.2 Å². The summed E-state index contributed by atoms with van der Waals surface area (Å²) in [6, 6.07) is 0.549. The molecular formula is C10H21N3S. The van der Waals surface area contributed by atoms with Crippen molar-refractivity contribution in [1.82, 2.24) is 5.32 Å². The molecule has 0 aliphatic heterocycles. The molecule has 4 heteroatoms. The van der Waals surface area contributed by atoms with E-state index in [1.54, 1.807) is 0 Å². The van der Waals surface area contributed by atoms with Crippen LogP contribution in [0.1, 0.15) is 32.6 Å². The molecule has 0 saturated heterocycles. The second-order valence-electron chi connectivity index (χ2n) is 3.78. The van der Waals surface area contributed by atoms with E-state index in [9.17, 15) is 0 Å². The van der Waals surface area contributed by atoms with E-state index in [1.807, 2.05) is 11.8 Å². The number of nitrogens with zero attached hydrogens (tertiary/aromatic N) is 1. The quantitative estimate of drug-likeness (QED) is 0.553. The van der Waals surface area contributed by atoms with Crippen molar-refractivity contribution >= 4 is 17.7 Å². The summed E-state index contributed by atoms with van der Waals surface area (Å²) in [7, 11) is 0. The highest BCUT2D eigenvalue weighted by molar-refractivity contribution is 7.99. The van der Waals surface area contributed by atoms with Crippen LogP contribution in [-0.2, 0) is 0 Å². The molecule has 2 unspecified atom stereocenters. The van der Waals surface area contributed by atoms with Crippen molar-refractivity contribution in [2.45, 2.75) is 43.9 Å². The molecule has 1 aliphatic rings. The van der Waals surface area contributed by atoms with Gasteiger partial charge in [0.1, 0.15) is 0 Å². The lowest BCUT2D eigenvalue weighted by Gasteiger charge is -2.13. The largest absolute Gasteiger partial charge is 0.370 e. The van der Waals surface area contributed by atoms with Crippen LogP contribution < -0.4 is 11.1 Å². The van der Waals surface area contributed by atoms with Crippen LogP contribution in [0.5, 0.6) is 0 Å². The van der Waals surface area contributed by atoms with Crippen molar-refractivity contribution in [3.05, 3.63) is 0 Å². The Morgan fingerprint density at radius 3 is 2.93 bits per heavy atom. The maximum absolute atomic E-state index is 5.76. The second kappa shape index (κ2) is 6.17. The summed E-state index contributed by atoms with van der Waals surface area (Å²) in [5.74, 6) is 0.624. The van der Waals surface area contributed by atoms with Crippen LogP contribution in [0, 0.1) is 0 Å². The van der Waals surface area contributed by atoms with E-state index in [2.05, 4.69) is 23.5 Å².